The molecule has 126 valence electrons. The third-order valence-corrected chi connectivity index (χ3v) is 3.15. The van der Waals surface area contributed by atoms with E-state index >= 15 is 0 Å². The fraction of sp³-hybridized carbons (Fsp3) is 0.294. The monoisotopic (exact) mass is 330 g/mol. The van der Waals surface area contributed by atoms with Crippen LogP contribution in [-0.4, -0.2) is 30.4 Å². The number of hydrogen-bond donors (Lipinski definition) is 1. The number of benzene rings is 1. The van der Waals surface area contributed by atoms with Gasteiger partial charge in [0, 0.05) is 12.3 Å². The number of carbonyl (C=O) groups is 1. The van der Waals surface area contributed by atoms with E-state index in [1.807, 2.05) is 13.8 Å². The van der Waals surface area contributed by atoms with E-state index in [1.54, 1.807) is 36.5 Å². The maximum absolute atomic E-state index is 11.9. The SMILES string of the molecule is CC(C)OCC(=O)Nc1cccnc1Oc1ccc2c(c1)OCO2. The summed E-state index contributed by atoms with van der Waals surface area (Å²) in [6, 6.07) is 8.64. The quantitative estimate of drug-likeness (QED) is 0.877. The van der Waals surface area contributed by atoms with Crippen LogP contribution in [0.5, 0.6) is 23.1 Å². The van der Waals surface area contributed by atoms with Crippen LogP contribution >= 0.6 is 0 Å². The number of rotatable bonds is 6. The Balaban J connectivity index is 1.71. The second kappa shape index (κ2) is 7.18. The molecule has 0 radical (unpaired) electrons. The third kappa shape index (κ3) is 3.94. The Labute approximate surface area is 139 Å². The molecule has 1 aromatic heterocycles. The summed E-state index contributed by atoms with van der Waals surface area (Å²) in [4.78, 5) is 16.1. The van der Waals surface area contributed by atoms with Gasteiger partial charge in [0.25, 0.3) is 5.91 Å². The van der Waals surface area contributed by atoms with Crippen LogP contribution in [0.4, 0.5) is 5.69 Å². The zero-order valence-corrected chi connectivity index (χ0v) is 13.4. The minimum atomic E-state index is -0.271. The van der Waals surface area contributed by atoms with Gasteiger partial charge in [0.15, 0.2) is 11.5 Å². The molecule has 1 aromatic carbocycles. The van der Waals surface area contributed by atoms with Crippen molar-refractivity contribution in [2.75, 3.05) is 18.7 Å². The first kappa shape index (κ1) is 16.1. The highest BCUT2D eigenvalue weighted by molar-refractivity contribution is 5.92. The predicted octanol–water partition coefficient (Wildman–Crippen LogP) is 2.97. The molecule has 7 heteroatoms. The highest BCUT2D eigenvalue weighted by atomic mass is 16.7. The molecule has 0 atom stereocenters. The molecular formula is C17H18N2O5. The van der Waals surface area contributed by atoms with Crippen LogP contribution < -0.4 is 19.5 Å². The first-order chi connectivity index (χ1) is 11.6. The summed E-state index contributed by atoms with van der Waals surface area (Å²) >= 11 is 0. The fourth-order valence-electron chi connectivity index (χ4n) is 2.05. The highest BCUT2D eigenvalue weighted by Gasteiger charge is 2.16. The number of hydrogen-bond acceptors (Lipinski definition) is 6. The number of nitrogens with zero attached hydrogens (tertiary/aromatic N) is 1. The summed E-state index contributed by atoms with van der Waals surface area (Å²) in [6.45, 7) is 3.90. The number of amides is 1. The molecule has 1 N–H and O–H groups in total. The Kier molecular flexibility index (Phi) is 4.81. The number of anilines is 1. The lowest BCUT2D eigenvalue weighted by Gasteiger charge is -2.12. The molecule has 0 saturated carbocycles. The smallest absolute Gasteiger partial charge is 0.250 e. The molecule has 0 spiro atoms. The van der Waals surface area contributed by atoms with Crippen LogP contribution in [0.3, 0.4) is 0 Å². The molecule has 7 nitrogen and oxygen atoms in total. The highest BCUT2D eigenvalue weighted by Crippen LogP contribution is 2.37. The number of ether oxygens (including phenoxy) is 4. The zero-order chi connectivity index (χ0) is 16.9. The molecular weight excluding hydrogens is 312 g/mol. The second-order valence-corrected chi connectivity index (χ2v) is 5.38. The number of carbonyl (C=O) groups excluding carboxylic acids is 1. The van der Waals surface area contributed by atoms with Crippen molar-refractivity contribution in [2.24, 2.45) is 0 Å². The molecule has 2 heterocycles. The van der Waals surface area contributed by atoms with Crippen molar-refractivity contribution in [1.29, 1.82) is 0 Å². The van der Waals surface area contributed by atoms with Crippen molar-refractivity contribution in [1.82, 2.24) is 4.98 Å². The maximum Gasteiger partial charge on any atom is 0.250 e. The number of nitrogens with one attached hydrogen (secondary N) is 1. The van der Waals surface area contributed by atoms with Crippen LogP contribution in [0.15, 0.2) is 36.5 Å². The first-order valence-corrected chi connectivity index (χ1v) is 7.56. The Bertz CT molecular complexity index is 733. The van der Waals surface area contributed by atoms with Crippen molar-refractivity contribution in [2.45, 2.75) is 20.0 Å². The van der Waals surface area contributed by atoms with E-state index in [0.29, 0.717) is 22.9 Å². The summed E-state index contributed by atoms with van der Waals surface area (Å²) in [5.74, 6) is 1.83. The summed E-state index contributed by atoms with van der Waals surface area (Å²) < 4.78 is 21.6. The van der Waals surface area contributed by atoms with Crippen molar-refractivity contribution in [3.05, 3.63) is 36.5 Å². The van der Waals surface area contributed by atoms with Crippen molar-refractivity contribution < 1.29 is 23.7 Å². The van der Waals surface area contributed by atoms with E-state index in [2.05, 4.69) is 10.3 Å². The Morgan fingerprint density at radius 1 is 1.29 bits per heavy atom. The molecule has 3 rings (SSSR count). The van der Waals surface area contributed by atoms with Gasteiger partial charge in [-0.2, -0.15) is 0 Å². The van der Waals surface area contributed by atoms with Crippen molar-refractivity contribution in [3.8, 4) is 23.1 Å². The second-order valence-electron chi connectivity index (χ2n) is 5.38. The fourth-order valence-corrected chi connectivity index (χ4v) is 2.05. The molecule has 24 heavy (non-hydrogen) atoms. The van der Waals surface area contributed by atoms with Crippen LogP contribution in [0.2, 0.25) is 0 Å². The number of aromatic nitrogens is 1. The van der Waals surface area contributed by atoms with Gasteiger partial charge in [0.05, 0.1) is 6.10 Å². The summed E-state index contributed by atoms with van der Waals surface area (Å²) in [5.41, 5.74) is 0.465. The molecule has 0 aliphatic carbocycles. The molecule has 0 saturated heterocycles. The lowest BCUT2D eigenvalue weighted by Crippen LogP contribution is -2.21. The van der Waals surface area contributed by atoms with Crippen LogP contribution in [0.25, 0.3) is 0 Å². The Hall–Kier alpha value is -2.80. The largest absolute Gasteiger partial charge is 0.454 e. The summed E-state index contributed by atoms with van der Waals surface area (Å²) in [7, 11) is 0. The first-order valence-electron chi connectivity index (χ1n) is 7.56. The topological polar surface area (TPSA) is 78.9 Å². The van der Waals surface area contributed by atoms with Crippen molar-refractivity contribution >= 4 is 11.6 Å². The lowest BCUT2D eigenvalue weighted by atomic mass is 10.3. The predicted molar refractivity (Wildman–Crippen MR) is 86.6 cm³/mol. The van der Waals surface area contributed by atoms with Crippen LogP contribution in [0, 0.1) is 0 Å². The molecule has 0 fully saturated rings. The van der Waals surface area contributed by atoms with Gasteiger partial charge >= 0.3 is 0 Å². The average molecular weight is 330 g/mol. The van der Waals surface area contributed by atoms with Gasteiger partial charge in [-0.1, -0.05) is 0 Å². The molecule has 1 aliphatic heterocycles. The molecule has 2 aromatic rings. The zero-order valence-electron chi connectivity index (χ0n) is 13.4. The Morgan fingerprint density at radius 3 is 2.96 bits per heavy atom. The van der Waals surface area contributed by atoms with E-state index in [-0.39, 0.29) is 31.3 Å². The normalized spacial score (nSPS) is 12.3. The van der Waals surface area contributed by atoms with Gasteiger partial charge < -0.3 is 24.3 Å². The van der Waals surface area contributed by atoms with Gasteiger partial charge in [-0.3, -0.25) is 4.79 Å². The minimum Gasteiger partial charge on any atom is -0.454 e. The molecule has 0 unspecified atom stereocenters. The van der Waals surface area contributed by atoms with Crippen LogP contribution in [0.1, 0.15) is 13.8 Å². The third-order valence-electron chi connectivity index (χ3n) is 3.15. The summed E-state index contributed by atoms with van der Waals surface area (Å²) in [5, 5.41) is 2.73. The summed E-state index contributed by atoms with van der Waals surface area (Å²) in [6.07, 6.45) is 1.57. The maximum atomic E-state index is 11.9. The lowest BCUT2D eigenvalue weighted by molar-refractivity contribution is -0.121. The number of fused-ring (bicyclic) bond motifs is 1. The van der Waals surface area contributed by atoms with E-state index in [9.17, 15) is 4.79 Å². The van der Waals surface area contributed by atoms with Gasteiger partial charge in [0.2, 0.25) is 12.7 Å². The molecule has 1 aliphatic rings. The average Bonchev–Trinajstić information content (AvgIpc) is 3.02. The van der Waals surface area contributed by atoms with E-state index < -0.39 is 0 Å². The standard InChI is InChI=1S/C17H18N2O5/c1-11(2)21-9-16(20)19-13-4-3-7-18-17(13)24-12-5-6-14-15(8-12)23-10-22-14/h3-8,11H,9-10H2,1-2H3,(H,19,20). The van der Waals surface area contributed by atoms with Crippen molar-refractivity contribution in [3.63, 3.8) is 0 Å². The Morgan fingerprint density at radius 2 is 2.12 bits per heavy atom. The van der Waals surface area contributed by atoms with E-state index in [0.717, 1.165) is 0 Å². The van der Waals surface area contributed by atoms with Gasteiger partial charge in [0.1, 0.15) is 18.0 Å². The molecule has 0 bridgehead atoms. The minimum absolute atomic E-state index is 0.0194. The van der Waals surface area contributed by atoms with Gasteiger partial charge in [-0.05, 0) is 38.1 Å². The van der Waals surface area contributed by atoms with Gasteiger partial charge in [-0.25, -0.2) is 4.98 Å². The van der Waals surface area contributed by atoms with Crippen LogP contribution in [-0.2, 0) is 9.53 Å². The molecule has 1 amide bonds. The van der Waals surface area contributed by atoms with E-state index in [1.165, 1.54) is 0 Å². The van der Waals surface area contributed by atoms with E-state index in [4.69, 9.17) is 18.9 Å². The van der Waals surface area contributed by atoms with Gasteiger partial charge in [-0.15, -0.1) is 0 Å². The number of pyridine rings is 1.